The van der Waals surface area contributed by atoms with Gasteiger partial charge in [0.1, 0.15) is 5.69 Å². The maximum atomic E-state index is 5.92. The number of likely N-dealkylation sites (tertiary alicyclic amines) is 1. The molecule has 3 aromatic carbocycles. The van der Waals surface area contributed by atoms with Crippen molar-refractivity contribution < 1.29 is 4.52 Å². The van der Waals surface area contributed by atoms with Crippen LogP contribution in [0.4, 0.5) is 5.88 Å². The summed E-state index contributed by atoms with van der Waals surface area (Å²) in [4.78, 5) is 5.00. The van der Waals surface area contributed by atoms with Crippen LogP contribution < -0.4 is 4.90 Å². The van der Waals surface area contributed by atoms with Crippen LogP contribution in [-0.4, -0.2) is 36.2 Å². The summed E-state index contributed by atoms with van der Waals surface area (Å²) in [6, 6.07) is 27.6. The lowest BCUT2D eigenvalue weighted by molar-refractivity contribution is 0.201. The summed E-state index contributed by atoms with van der Waals surface area (Å²) in [5.74, 6) is 1.37. The predicted octanol–water partition coefficient (Wildman–Crippen LogP) is 6.62. The van der Waals surface area contributed by atoms with E-state index in [-0.39, 0.29) is 0 Å². The first-order chi connectivity index (χ1) is 16.3. The molecule has 0 radical (unpaired) electrons. The minimum absolute atomic E-state index is 0.531. The number of hydrogen-bond acceptors (Lipinski definition) is 4. The maximum absolute atomic E-state index is 5.92. The minimum atomic E-state index is 0.531. The van der Waals surface area contributed by atoms with Crippen LogP contribution in [0.5, 0.6) is 0 Å². The van der Waals surface area contributed by atoms with Gasteiger partial charge in [-0.25, -0.2) is 0 Å². The van der Waals surface area contributed by atoms with Gasteiger partial charge in [-0.15, -0.1) is 0 Å². The van der Waals surface area contributed by atoms with Crippen molar-refractivity contribution in [1.29, 1.82) is 0 Å². The standard InChI is InChI=1S/C29H33N3O/c1-23(20-31-17-8-3-9-18-31)21-32(22-26-15-10-14-24-11-6-7-16-27(24)26)29-19-28(30-33-29)25-12-4-2-5-13-25/h2,4-7,10-16,19,23H,3,8-9,17-18,20-22H2,1H3. The normalized spacial score (nSPS) is 15.5. The highest BCUT2D eigenvalue weighted by Crippen LogP contribution is 2.28. The van der Waals surface area contributed by atoms with Gasteiger partial charge in [0.15, 0.2) is 0 Å². The Morgan fingerprint density at radius 2 is 1.67 bits per heavy atom. The number of hydrogen-bond donors (Lipinski definition) is 0. The lowest BCUT2D eigenvalue weighted by Crippen LogP contribution is -2.38. The molecular formula is C29H33N3O. The average Bonchev–Trinajstić information content (AvgIpc) is 3.35. The molecule has 1 unspecified atom stereocenters. The number of fused-ring (bicyclic) bond motifs is 1. The van der Waals surface area contributed by atoms with Gasteiger partial charge in [0.05, 0.1) is 0 Å². The summed E-state index contributed by atoms with van der Waals surface area (Å²) in [5, 5.41) is 6.99. The van der Waals surface area contributed by atoms with Gasteiger partial charge >= 0.3 is 0 Å². The number of benzene rings is 3. The van der Waals surface area contributed by atoms with E-state index in [0.717, 1.165) is 36.8 Å². The first-order valence-electron chi connectivity index (χ1n) is 12.2. The Labute approximate surface area is 196 Å². The molecule has 1 aliphatic heterocycles. The Morgan fingerprint density at radius 3 is 2.52 bits per heavy atom. The Hall–Kier alpha value is -3.11. The summed E-state index contributed by atoms with van der Waals surface area (Å²) >= 11 is 0. The predicted molar refractivity (Wildman–Crippen MR) is 136 cm³/mol. The molecule has 1 aliphatic rings. The van der Waals surface area contributed by atoms with Crippen molar-refractivity contribution >= 4 is 16.7 Å². The van der Waals surface area contributed by atoms with Gasteiger partial charge < -0.3 is 14.3 Å². The third-order valence-corrected chi connectivity index (χ3v) is 6.67. The van der Waals surface area contributed by atoms with Crippen LogP contribution >= 0.6 is 0 Å². The molecule has 4 nitrogen and oxygen atoms in total. The van der Waals surface area contributed by atoms with Gasteiger partial charge in [-0.3, -0.25) is 0 Å². The van der Waals surface area contributed by atoms with E-state index in [4.69, 9.17) is 4.52 Å². The molecule has 0 N–H and O–H groups in total. The third kappa shape index (κ3) is 5.28. The zero-order chi connectivity index (χ0) is 22.5. The van der Waals surface area contributed by atoms with Crippen molar-refractivity contribution in [2.24, 2.45) is 5.92 Å². The third-order valence-electron chi connectivity index (χ3n) is 6.67. The van der Waals surface area contributed by atoms with Crippen LogP contribution in [0.2, 0.25) is 0 Å². The van der Waals surface area contributed by atoms with E-state index in [2.05, 4.69) is 82.5 Å². The molecule has 33 heavy (non-hydrogen) atoms. The second kappa shape index (κ2) is 10.2. The monoisotopic (exact) mass is 439 g/mol. The summed E-state index contributed by atoms with van der Waals surface area (Å²) in [7, 11) is 0. The fourth-order valence-corrected chi connectivity index (χ4v) is 5.04. The molecule has 5 rings (SSSR count). The van der Waals surface area contributed by atoms with E-state index in [0.29, 0.717) is 5.92 Å². The molecule has 4 aromatic rings. The summed E-state index contributed by atoms with van der Waals surface area (Å²) in [6.45, 7) is 7.69. The van der Waals surface area contributed by atoms with Gasteiger partial charge in [0, 0.05) is 31.3 Å². The molecule has 0 aliphatic carbocycles. The molecule has 1 atom stereocenters. The van der Waals surface area contributed by atoms with Crippen LogP contribution in [0.1, 0.15) is 31.7 Å². The summed E-state index contributed by atoms with van der Waals surface area (Å²) in [6.07, 6.45) is 4.03. The van der Waals surface area contributed by atoms with Crippen molar-refractivity contribution in [3.63, 3.8) is 0 Å². The smallest absolute Gasteiger partial charge is 0.228 e. The Morgan fingerprint density at radius 1 is 0.909 bits per heavy atom. The van der Waals surface area contributed by atoms with Crippen molar-refractivity contribution in [1.82, 2.24) is 10.1 Å². The van der Waals surface area contributed by atoms with Crippen molar-refractivity contribution in [2.75, 3.05) is 31.1 Å². The number of nitrogens with zero attached hydrogens (tertiary/aromatic N) is 3. The lowest BCUT2D eigenvalue weighted by Gasteiger charge is -2.31. The number of aromatic nitrogens is 1. The zero-order valence-corrected chi connectivity index (χ0v) is 19.5. The lowest BCUT2D eigenvalue weighted by atomic mass is 10.0. The molecule has 1 fully saturated rings. The quantitative estimate of drug-likeness (QED) is 0.309. The molecule has 4 heteroatoms. The number of anilines is 1. The molecule has 0 bridgehead atoms. The Kier molecular flexibility index (Phi) is 6.73. The van der Waals surface area contributed by atoms with E-state index in [1.165, 1.54) is 48.7 Å². The highest BCUT2D eigenvalue weighted by atomic mass is 16.5. The Bertz CT molecular complexity index is 1160. The fourth-order valence-electron chi connectivity index (χ4n) is 5.04. The molecule has 0 spiro atoms. The van der Waals surface area contributed by atoms with Gasteiger partial charge in [-0.2, -0.15) is 0 Å². The highest BCUT2D eigenvalue weighted by molar-refractivity contribution is 5.85. The van der Waals surface area contributed by atoms with E-state index < -0.39 is 0 Å². The van der Waals surface area contributed by atoms with Gasteiger partial charge in [0.2, 0.25) is 5.88 Å². The molecular weight excluding hydrogens is 406 g/mol. The van der Waals surface area contributed by atoms with E-state index in [1.807, 2.05) is 18.2 Å². The summed E-state index contributed by atoms with van der Waals surface area (Å²) in [5.41, 5.74) is 3.28. The van der Waals surface area contributed by atoms with Gasteiger partial charge in [0.25, 0.3) is 0 Å². The molecule has 1 saturated heterocycles. The number of rotatable bonds is 8. The highest BCUT2D eigenvalue weighted by Gasteiger charge is 2.20. The number of piperidine rings is 1. The van der Waals surface area contributed by atoms with Gasteiger partial charge in [-0.1, -0.05) is 91.3 Å². The first-order valence-corrected chi connectivity index (χ1v) is 12.2. The second-order valence-corrected chi connectivity index (χ2v) is 9.40. The minimum Gasteiger partial charge on any atom is -0.338 e. The van der Waals surface area contributed by atoms with Crippen LogP contribution in [0.15, 0.2) is 83.4 Å². The molecule has 1 aromatic heterocycles. The SMILES string of the molecule is CC(CN1CCCCC1)CN(Cc1cccc2ccccc12)c1cc(-c2ccccc2)no1. The van der Waals surface area contributed by atoms with Crippen LogP contribution in [0.3, 0.4) is 0 Å². The van der Waals surface area contributed by atoms with Crippen molar-refractivity contribution in [3.8, 4) is 11.3 Å². The molecule has 2 heterocycles. The fraction of sp³-hybridized carbons (Fsp3) is 0.345. The molecule has 170 valence electrons. The maximum Gasteiger partial charge on any atom is 0.228 e. The van der Waals surface area contributed by atoms with Crippen LogP contribution in [0, 0.1) is 5.92 Å². The zero-order valence-electron chi connectivity index (χ0n) is 19.5. The van der Waals surface area contributed by atoms with Crippen LogP contribution in [0.25, 0.3) is 22.0 Å². The molecule has 0 amide bonds. The van der Waals surface area contributed by atoms with Gasteiger partial charge in [-0.05, 0) is 48.2 Å². The Balaban J connectivity index is 1.41. The van der Waals surface area contributed by atoms with Crippen molar-refractivity contribution in [3.05, 3.63) is 84.4 Å². The van der Waals surface area contributed by atoms with Crippen LogP contribution in [-0.2, 0) is 6.54 Å². The molecule has 0 saturated carbocycles. The second-order valence-electron chi connectivity index (χ2n) is 9.40. The average molecular weight is 440 g/mol. The van der Waals surface area contributed by atoms with E-state index in [1.54, 1.807) is 0 Å². The van der Waals surface area contributed by atoms with E-state index in [9.17, 15) is 0 Å². The van der Waals surface area contributed by atoms with Crippen molar-refractivity contribution in [2.45, 2.75) is 32.7 Å². The van der Waals surface area contributed by atoms with E-state index >= 15 is 0 Å². The topological polar surface area (TPSA) is 32.5 Å². The first kappa shape index (κ1) is 21.7. The summed E-state index contributed by atoms with van der Waals surface area (Å²) < 4.78 is 5.92. The largest absolute Gasteiger partial charge is 0.338 e.